The SMILES string of the molecule is Cc1nc(C)c(C(O)C(CN)c2c(F)cccc2Cl)s1. The molecule has 0 saturated carbocycles. The number of aromatic nitrogens is 1. The van der Waals surface area contributed by atoms with Gasteiger partial charge in [-0.1, -0.05) is 17.7 Å². The van der Waals surface area contributed by atoms with Crippen molar-refractivity contribution in [3.8, 4) is 0 Å². The van der Waals surface area contributed by atoms with E-state index in [0.717, 1.165) is 10.7 Å². The van der Waals surface area contributed by atoms with Crippen molar-refractivity contribution < 1.29 is 9.50 Å². The third kappa shape index (κ3) is 2.86. The number of hydrogen-bond donors (Lipinski definition) is 2. The van der Waals surface area contributed by atoms with Gasteiger partial charge in [-0.15, -0.1) is 11.3 Å². The lowest BCUT2D eigenvalue weighted by molar-refractivity contribution is 0.148. The standard InChI is InChI=1S/C14H16ClFN2OS/c1-7-14(20-8(2)18-7)13(19)9(6-17)12-10(15)4-3-5-11(12)16/h3-5,9,13,19H,6,17H2,1-2H3. The monoisotopic (exact) mass is 314 g/mol. The molecule has 0 aliphatic carbocycles. The van der Waals surface area contributed by atoms with Crippen LogP contribution in [0.4, 0.5) is 4.39 Å². The fourth-order valence-corrected chi connectivity index (χ4v) is 3.56. The van der Waals surface area contributed by atoms with Gasteiger partial charge in [-0.3, -0.25) is 0 Å². The highest BCUT2D eigenvalue weighted by Crippen LogP contribution is 2.38. The minimum atomic E-state index is -0.916. The van der Waals surface area contributed by atoms with Gasteiger partial charge in [-0.25, -0.2) is 9.37 Å². The molecule has 0 bridgehead atoms. The average molecular weight is 315 g/mol. The van der Waals surface area contributed by atoms with Crippen molar-refractivity contribution in [2.75, 3.05) is 6.54 Å². The summed E-state index contributed by atoms with van der Waals surface area (Å²) in [6, 6.07) is 4.45. The number of halogens is 2. The Labute approximate surface area is 126 Å². The van der Waals surface area contributed by atoms with Crippen molar-refractivity contribution in [2.24, 2.45) is 5.73 Å². The Balaban J connectivity index is 2.45. The van der Waals surface area contributed by atoms with E-state index in [9.17, 15) is 9.50 Å². The van der Waals surface area contributed by atoms with E-state index in [0.29, 0.717) is 4.88 Å². The largest absolute Gasteiger partial charge is 0.387 e. The zero-order chi connectivity index (χ0) is 14.9. The topological polar surface area (TPSA) is 59.1 Å². The molecule has 2 rings (SSSR count). The second-order valence-corrected chi connectivity index (χ2v) is 6.25. The fraction of sp³-hybridized carbons (Fsp3) is 0.357. The van der Waals surface area contributed by atoms with Gasteiger partial charge in [-0.05, 0) is 26.0 Å². The summed E-state index contributed by atoms with van der Waals surface area (Å²) >= 11 is 7.45. The number of aliphatic hydroxyl groups is 1. The molecular formula is C14H16ClFN2OS. The Morgan fingerprint density at radius 3 is 2.65 bits per heavy atom. The van der Waals surface area contributed by atoms with Gasteiger partial charge in [-0.2, -0.15) is 0 Å². The number of aryl methyl sites for hydroxylation is 2. The molecule has 0 aliphatic rings. The Kier molecular flexibility index (Phi) is 4.75. The molecule has 1 heterocycles. The molecule has 3 nitrogen and oxygen atoms in total. The summed E-state index contributed by atoms with van der Waals surface area (Å²) in [6.07, 6.45) is -0.916. The van der Waals surface area contributed by atoms with Crippen molar-refractivity contribution in [2.45, 2.75) is 25.9 Å². The van der Waals surface area contributed by atoms with Crippen LogP contribution in [0, 0.1) is 19.7 Å². The molecule has 20 heavy (non-hydrogen) atoms. The van der Waals surface area contributed by atoms with Crippen LogP contribution in [-0.2, 0) is 0 Å². The lowest BCUT2D eigenvalue weighted by Gasteiger charge is -2.22. The highest BCUT2D eigenvalue weighted by Gasteiger charge is 2.29. The number of hydrogen-bond acceptors (Lipinski definition) is 4. The van der Waals surface area contributed by atoms with Gasteiger partial charge in [0.1, 0.15) is 5.82 Å². The molecule has 1 aromatic carbocycles. The van der Waals surface area contributed by atoms with E-state index < -0.39 is 17.8 Å². The first kappa shape index (κ1) is 15.4. The van der Waals surface area contributed by atoms with Crippen LogP contribution in [0.25, 0.3) is 0 Å². The molecule has 0 fully saturated rings. The van der Waals surface area contributed by atoms with Crippen LogP contribution in [0.2, 0.25) is 5.02 Å². The van der Waals surface area contributed by atoms with E-state index in [4.69, 9.17) is 17.3 Å². The first-order chi connectivity index (χ1) is 9.45. The van der Waals surface area contributed by atoms with Gasteiger partial charge in [0, 0.05) is 23.0 Å². The summed E-state index contributed by atoms with van der Waals surface area (Å²) < 4.78 is 14.0. The minimum absolute atomic E-state index is 0.0954. The molecule has 1 aromatic heterocycles. The van der Waals surface area contributed by atoms with Gasteiger partial charge in [0.05, 0.1) is 21.7 Å². The maximum atomic E-state index is 14.0. The number of aliphatic hydroxyl groups excluding tert-OH is 1. The van der Waals surface area contributed by atoms with Gasteiger partial charge >= 0.3 is 0 Å². The van der Waals surface area contributed by atoms with Crippen LogP contribution in [0.1, 0.15) is 33.2 Å². The molecule has 108 valence electrons. The van der Waals surface area contributed by atoms with Crippen molar-refractivity contribution in [3.05, 3.63) is 50.2 Å². The zero-order valence-electron chi connectivity index (χ0n) is 11.2. The summed E-state index contributed by atoms with van der Waals surface area (Å²) in [5.74, 6) is -1.05. The summed E-state index contributed by atoms with van der Waals surface area (Å²) in [7, 11) is 0. The van der Waals surface area contributed by atoms with Crippen LogP contribution >= 0.6 is 22.9 Å². The summed E-state index contributed by atoms with van der Waals surface area (Å²) in [5.41, 5.74) is 6.74. The van der Waals surface area contributed by atoms with E-state index in [1.54, 1.807) is 6.07 Å². The number of rotatable bonds is 4. The van der Waals surface area contributed by atoms with E-state index >= 15 is 0 Å². The molecule has 0 radical (unpaired) electrons. The maximum absolute atomic E-state index is 14.0. The number of nitrogens with zero attached hydrogens (tertiary/aromatic N) is 1. The highest BCUT2D eigenvalue weighted by molar-refractivity contribution is 7.11. The quantitative estimate of drug-likeness (QED) is 0.910. The summed E-state index contributed by atoms with van der Waals surface area (Å²) in [6.45, 7) is 3.78. The molecule has 2 aromatic rings. The van der Waals surface area contributed by atoms with Gasteiger partial charge in [0.25, 0.3) is 0 Å². The van der Waals surface area contributed by atoms with E-state index in [1.807, 2.05) is 13.8 Å². The third-order valence-electron chi connectivity index (χ3n) is 3.21. The van der Waals surface area contributed by atoms with Crippen LogP contribution in [-0.4, -0.2) is 16.6 Å². The molecular weight excluding hydrogens is 299 g/mol. The predicted molar refractivity (Wildman–Crippen MR) is 79.8 cm³/mol. The maximum Gasteiger partial charge on any atom is 0.128 e. The smallest absolute Gasteiger partial charge is 0.128 e. The van der Waals surface area contributed by atoms with Gasteiger partial charge in [0.2, 0.25) is 0 Å². The predicted octanol–water partition coefficient (Wildman–Crippen LogP) is 3.33. The third-order valence-corrected chi connectivity index (χ3v) is 4.69. The average Bonchev–Trinajstić information content (AvgIpc) is 2.72. The number of nitrogens with two attached hydrogens (primary N) is 1. The van der Waals surface area contributed by atoms with E-state index in [1.165, 1.54) is 23.5 Å². The Morgan fingerprint density at radius 2 is 2.15 bits per heavy atom. The van der Waals surface area contributed by atoms with Crippen LogP contribution in [0.15, 0.2) is 18.2 Å². The Hall–Kier alpha value is -1.01. The first-order valence-corrected chi connectivity index (χ1v) is 7.41. The van der Waals surface area contributed by atoms with Gasteiger partial charge in [0.15, 0.2) is 0 Å². The summed E-state index contributed by atoms with van der Waals surface area (Å²) in [5, 5.41) is 11.7. The second-order valence-electron chi connectivity index (χ2n) is 4.60. The molecule has 3 N–H and O–H groups in total. The second kappa shape index (κ2) is 6.18. The molecule has 2 atom stereocenters. The lowest BCUT2D eigenvalue weighted by Crippen LogP contribution is -2.21. The van der Waals surface area contributed by atoms with Crippen molar-refractivity contribution in [1.29, 1.82) is 0 Å². The lowest BCUT2D eigenvalue weighted by atomic mass is 9.91. The Bertz CT molecular complexity index is 597. The zero-order valence-corrected chi connectivity index (χ0v) is 12.8. The first-order valence-electron chi connectivity index (χ1n) is 6.21. The normalized spacial score (nSPS) is 14.3. The van der Waals surface area contributed by atoms with Crippen LogP contribution in [0.3, 0.4) is 0 Å². The van der Waals surface area contributed by atoms with Crippen LogP contribution in [0.5, 0.6) is 0 Å². The molecule has 0 spiro atoms. The van der Waals surface area contributed by atoms with Crippen LogP contribution < -0.4 is 5.73 Å². The van der Waals surface area contributed by atoms with Crippen molar-refractivity contribution >= 4 is 22.9 Å². The Morgan fingerprint density at radius 1 is 1.45 bits per heavy atom. The van der Waals surface area contributed by atoms with Gasteiger partial charge < -0.3 is 10.8 Å². The highest BCUT2D eigenvalue weighted by atomic mass is 35.5. The van der Waals surface area contributed by atoms with E-state index in [2.05, 4.69) is 4.98 Å². The molecule has 0 saturated heterocycles. The fourth-order valence-electron chi connectivity index (χ4n) is 2.27. The molecule has 0 amide bonds. The summed E-state index contributed by atoms with van der Waals surface area (Å²) in [4.78, 5) is 4.98. The number of benzene rings is 1. The molecule has 2 unspecified atom stereocenters. The molecule has 6 heteroatoms. The van der Waals surface area contributed by atoms with Crippen molar-refractivity contribution in [1.82, 2.24) is 4.98 Å². The van der Waals surface area contributed by atoms with Crippen molar-refractivity contribution in [3.63, 3.8) is 0 Å². The minimum Gasteiger partial charge on any atom is -0.387 e. The molecule has 0 aliphatic heterocycles. The van der Waals surface area contributed by atoms with E-state index in [-0.39, 0.29) is 17.1 Å². The number of thiazole rings is 1.